The third-order valence-electron chi connectivity index (χ3n) is 4.57. The number of alkyl halides is 3. The molecule has 0 aliphatic carbocycles. The maximum absolute atomic E-state index is 12.9. The lowest BCUT2D eigenvalue weighted by molar-refractivity contribution is -0.137. The Morgan fingerprint density at radius 3 is 2.85 bits per heavy atom. The Morgan fingerprint density at radius 2 is 2.12 bits per heavy atom. The molecule has 1 aliphatic heterocycles. The second-order valence-corrected chi connectivity index (χ2v) is 6.97. The molecule has 1 N–H and O–H groups in total. The molecule has 0 saturated carbocycles. The summed E-state index contributed by atoms with van der Waals surface area (Å²) in [5.41, 5.74) is 1.06. The van der Waals surface area contributed by atoms with E-state index in [-0.39, 0.29) is 6.04 Å². The highest BCUT2D eigenvalue weighted by Crippen LogP contribution is 2.32. The van der Waals surface area contributed by atoms with Crippen molar-refractivity contribution in [2.45, 2.75) is 44.4 Å². The molecule has 1 aliphatic rings. The minimum absolute atomic E-state index is 0.283. The molecular formula is C19H21ClF3N3. The van der Waals surface area contributed by atoms with Crippen LogP contribution in [0.15, 0.2) is 42.7 Å². The van der Waals surface area contributed by atoms with Gasteiger partial charge in [-0.15, -0.1) is 0 Å². The molecule has 2 aromatic rings. The molecule has 2 heterocycles. The van der Waals surface area contributed by atoms with Crippen molar-refractivity contribution in [2.24, 2.45) is 0 Å². The highest BCUT2D eigenvalue weighted by molar-refractivity contribution is 6.30. The lowest BCUT2D eigenvalue weighted by Gasteiger charge is -2.25. The number of halogens is 4. The van der Waals surface area contributed by atoms with Crippen LogP contribution < -0.4 is 5.32 Å². The molecule has 140 valence electrons. The van der Waals surface area contributed by atoms with Crippen LogP contribution >= 0.6 is 11.6 Å². The number of rotatable bonds is 6. The highest BCUT2D eigenvalue weighted by Gasteiger charge is 2.30. The van der Waals surface area contributed by atoms with Crippen LogP contribution in [0.1, 0.15) is 36.8 Å². The van der Waals surface area contributed by atoms with Crippen LogP contribution in [-0.4, -0.2) is 22.4 Å². The second kappa shape index (κ2) is 8.27. The number of unbranched alkanes of at least 4 members (excludes halogenated alkanes) is 1. The van der Waals surface area contributed by atoms with Crippen molar-refractivity contribution >= 4 is 17.2 Å². The van der Waals surface area contributed by atoms with Gasteiger partial charge in [0.25, 0.3) is 0 Å². The average molecular weight is 384 g/mol. The van der Waals surface area contributed by atoms with E-state index in [0.717, 1.165) is 43.9 Å². The normalized spacial score (nSPS) is 18.0. The van der Waals surface area contributed by atoms with Crippen LogP contribution in [0.25, 0.3) is 5.57 Å². The van der Waals surface area contributed by atoms with Gasteiger partial charge in [-0.2, -0.15) is 18.3 Å². The van der Waals surface area contributed by atoms with E-state index in [1.807, 2.05) is 10.8 Å². The molecule has 1 aromatic heterocycles. The van der Waals surface area contributed by atoms with Crippen molar-refractivity contribution in [3.63, 3.8) is 0 Å². The molecule has 26 heavy (non-hydrogen) atoms. The molecule has 0 fully saturated rings. The number of hydrogen-bond donors (Lipinski definition) is 1. The molecule has 0 saturated heterocycles. The minimum atomic E-state index is -4.31. The number of nitrogens with one attached hydrogen (secondary N) is 1. The van der Waals surface area contributed by atoms with Gasteiger partial charge in [0.1, 0.15) is 0 Å². The Hall–Kier alpha value is -1.79. The summed E-state index contributed by atoms with van der Waals surface area (Å²) in [4.78, 5) is 0. The Bertz CT molecular complexity index is 767. The molecule has 0 spiro atoms. The molecule has 0 radical (unpaired) electrons. The van der Waals surface area contributed by atoms with E-state index >= 15 is 0 Å². The summed E-state index contributed by atoms with van der Waals surface area (Å²) in [6.07, 6.45) is 4.82. The van der Waals surface area contributed by atoms with Gasteiger partial charge in [0.15, 0.2) is 0 Å². The number of aryl methyl sites for hydroxylation is 1. The summed E-state index contributed by atoms with van der Waals surface area (Å²) >= 11 is 5.84. The molecule has 3 nitrogen and oxygen atoms in total. The van der Waals surface area contributed by atoms with Gasteiger partial charge in [-0.3, -0.25) is 4.68 Å². The van der Waals surface area contributed by atoms with E-state index in [1.165, 1.54) is 12.1 Å². The van der Waals surface area contributed by atoms with Crippen molar-refractivity contribution in [1.29, 1.82) is 0 Å². The SMILES string of the molecule is FC(F)(F)c1cccc(C2=CCNC(CCCCn3cc(Cl)cn3)C2)c1. The standard InChI is InChI=1S/C19H21ClF3N3/c20-17-12-25-26(13-17)9-2-1-6-18-11-15(7-8-24-18)14-4-3-5-16(10-14)19(21,22)23/h3-5,7,10,12-13,18,24H,1-2,6,8-9,11H2. The van der Waals surface area contributed by atoms with Crippen LogP contribution in [-0.2, 0) is 12.7 Å². The summed E-state index contributed by atoms with van der Waals surface area (Å²) in [7, 11) is 0. The van der Waals surface area contributed by atoms with Gasteiger partial charge >= 0.3 is 6.18 Å². The van der Waals surface area contributed by atoms with E-state index in [0.29, 0.717) is 17.1 Å². The van der Waals surface area contributed by atoms with Crippen LogP contribution in [0, 0.1) is 0 Å². The van der Waals surface area contributed by atoms with Gasteiger partial charge in [0.2, 0.25) is 0 Å². The predicted octanol–water partition coefficient (Wildman–Crippen LogP) is 5.17. The first-order valence-corrected chi connectivity index (χ1v) is 9.07. The van der Waals surface area contributed by atoms with E-state index < -0.39 is 11.7 Å². The Labute approximate surface area is 155 Å². The molecule has 7 heteroatoms. The minimum Gasteiger partial charge on any atom is -0.310 e. The molecule has 1 aromatic carbocycles. The van der Waals surface area contributed by atoms with E-state index in [1.54, 1.807) is 18.5 Å². The number of nitrogens with zero attached hydrogens (tertiary/aromatic N) is 2. The molecule has 1 atom stereocenters. The third-order valence-corrected chi connectivity index (χ3v) is 4.77. The first-order valence-electron chi connectivity index (χ1n) is 8.70. The van der Waals surface area contributed by atoms with Crippen molar-refractivity contribution < 1.29 is 13.2 Å². The number of benzene rings is 1. The van der Waals surface area contributed by atoms with Gasteiger partial charge in [-0.25, -0.2) is 0 Å². The lowest BCUT2D eigenvalue weighted by atomic mass is 9.92. The van der Waals surface area contributed by atoms with Gasteiger partial charge < -0.3 is 5.32 Å². The van der Waals surface area contributed by atoms with Crippen LogP contribution in [0.4, 0.5) is 13.2 Å². The Morgan fingerprint density at radius 1 is 1.27 bits per heavy atom. The summed E-state index contributed by atoms with van der Waals surface area (Å²) < 4.78 is 40.6. The molecular weight excluding hydrogens is 363 g/mol. The number of aromatic nitrogens is 2. The first kappa shape index (κ1) is 19.0. The number of hydrogen-bond acceptors (Lipinski definition) is 2. The maximum Gasteiger partial charge on any atom is 0.416 e. The zero-order valence-electron chi connectivity index (χ0n) is 14.3. The lowest BCUT2D eigenvalue weighted by Crippen LogP contribution is -2.32. The van der Waals surface area contributed by atoms with Crippen molar-refractivity contribution in [3.8, 4) is 0 Å². The summed E-state index contributed by atoms with van der Waals surface area (Å²) in [5, 5.41) is 8.21. The van der Waals surface area contributed by atoms with Crippen molar-refractivity contribution in [3.05, 3.63) is 58.9 Å². The molecule has 0 bridgehead atoms. The largest absolute Gasteiger partial charge is 0.416 e. The average Bonchev–Trinajstić information content (AvgIpc) is 3.04. The van der Waals surface area contributed by atoms with Crippen LogP contribution in [0.3, 0.4) is 0 Å². The third kappa shape index (κ3) is 5.11. The zero-order valence-corrected chi connectivity index (χ0v) is 15.0. The Balaban J connectivity index is 1.52. The molecule has 1 unspecified atom stereocenters. The molecule has 0 amide bonds. The second-order valence-electron chi connectivity index (χ2n) is 6.53. The van der Waals surface area contributed by atoms with Crippen molar-refractivity contribution in [1.82, 2.24) is 15.1 Å². The smallest absolute Gasteiger partial charge is 0.310 e. The maximum atomic E-state index is 12.9. The van der Waals surface area contributed by atoms with Gasteiger partial charge in [0.05, 0.1) is 16.8 Å². The van der Waals surface area contributed by atoms with E-state index in [2.05, 4.69) is 10.4 Å². The monoisotopic (exact) mass is 383 g/mol. The summed E-state index contributed by atoms with van der Waals surface area (Å²) in [6, 6.07) is 5.88. The fourth-order valence-electron chi connectivity index (χ4n) is 3.23. The van der Waals surface area contributed by atoms with E-state index in [4.69, 9.17) is 11.6 Å². The van der Waals surface area contributed by atoms with E-state index in [9.17, 15) is 13.2 Å². The Kier molecular flexibility index (Phi) is 6.04. The first-order chi connectivity index (χ1) is 12.4. The predicted molar refractivity (Wildman–Crippen MR) is 96.9 cm³/mol. The van der Waals surface area contributed by atoms with Crippen LogP contribution in [0.2, 0.25) is 5.02 Å². The van der Waals surface area contributed by atoms with Gasteiger partial charge in [-0.05, 0) is 42.5 Å². The van der Waals surface area contributed by atoms with Crippen molar-refractivity contribution in [2.75, 3.05) is 6.54 Å². The quantitative estimate of drug-likeness (QED) is 0.697. The highest BCUT2D eigenvalue weighted by atomic mass is 35.5. The summed E-state index contributed by atoms with van der Waals surface area (Å²) in [6.45, 7) is 1.50. The summed E-state index contributed by atoms with van der Waals surface area (Å²) in [5.74, 6) is 0. The zero-order chi connectivity index (χ0) is 18.6. The topological polar surface area (TPSA) is 29.9 Å². The fraction of sp³-hybridized carbons (Fsp3) is 0.421. The molecule has 3 rings (SSSR count). The van der Waals surface area contributed by atoms with Gasteiger partial charge in [0, 0.05) is 25.3 Å². The van der Waals surface area contributed by atoms with Gasteiger partial charge in [-0.1, -0.05) is 36.2 Å². The van der Waals surface area contributed by atoms with Crippen LogP contribution in [0.5, 0.6) is 0 Å². The fourth-order valence-corrected chi connectivity index (χ4v) is 3.39.